The van der Waals surface area contributed by atoms with Gasteiger partial charge in [-0.25, -0.2) is 5.43 Å². The molecule has 2 rings (SSSR count). The smallest absolute Gasteiger partial charge is 0.271 e. The Kier molecular flexibility index (Phi) is 4.11. The predicted octanol–water partition coefficient (Wildman–Crippen LogP) is 2.15. The summed E-state index contributed by atoms with van der Waals surface area (Å²) < 4.78 is 41.1. The van der Waals surface area contributed by atoms with Gasteiger partial charge in [-0.3, -0.25) is 10.5 Å². The van der Waals surface area contributed by atoms with Crippen molar-refractivity contribution >= 4 is 15.9 Å². The van der Waals surface area contributed by atoms with E-state index in [0.29, 0.717) is 10.2 Å². The normalized spacial score (nSPS) is 13.5. The number of halogens is 4. The molecule has 0 fully saturated rings. The van der Waals surface area contributed by atoms with Crippen molar-refractivity contribution in [1.82, 2.24) is 20.4 Å². The number of rotatable bonds is 3. The molecule has 0 bridgehead atoms. The van der Waals surface area contributed by atoms with Crippen LogP contribution in [0.4, 0.5) is 13.2 Å². The quantitative estimate of drug-likeness (QED) is 0.658. The van der Waals surface area contributed by atoms with Crippen LogP contribution in [0.5, 0.6) is 0 Å². The maximum atomic E-state index is 13.1. The molecule has 0 radical (unpaired) electrons. The van der Waals surface area contributed by atoms with Crippen molar-refractivity contribution in [1.29, 1.82) is 0 Å². The maximum Gasteiger partial charge on any atom is 0.416 e. The number of hydrazine groups is 1. The highest BCUT2D eigenvalue weighted by Gasteiger charge is 2.36. The molecule has 108 valence electrons. The largest absolute Gasteiger partial charge is 0.416 e. The van der Waals surface area contributed by atoms with Crippen LogP contribution in [0.2, 0.25) is 0 Å². The summed E-state index contributed by atoms with van der Waals surface area (Å²) in [7, 11) is 1.58. The van der Waals surface area contributed by atoms with Crippen molar-refractivity contribution in [3.63, 3.8) is 0 Å². The van der Waals surface area contributed by atoms with E-state index in [2.05, 4.69) is 31.7 Å². The Bertz CT molecular complexity index is 610. The Balaban J connectivity index is 2.59. The van der Waals surface area contributed by atoms with E-state index in [-0.39, 0.29) is 5.56 Å². The van der Waals surface area contributed by atoms with Crippen LogP contribution in [0.25, 0.3) is 0 Å². The first-order chi connectivity index (χ1) is 9.34. The van der Waals surface area contributed by atoms with Crippen LogP contribution in [0.3, 0.4) is 0 Å². The van der Waals surface area contributed by atoms with E-state index in [1.165, 1.54) is 23.0 Å². The minimum Gasteiger partial charge on any atom is -0.271 e. The number of benzene rings is 1. The van der Waals surface area contributed by atoms with E-state index in [9.17, 15) is 13.2 Å². The van der Waals surface area contributed by atoms with Gasteiger partial charge in [-0.15, -0.1) is 5.10 Å². The van der Waals surface area contributed by atoms with E-state index in [4.69, 9.17) is 5.84 Å². The second kappa shape index (κ2) is 5.51. The second-order valence-electron chi connectivity index (χ2n) is 4.11. The van der Waals surface area contributed by atoms with E-state index < -0.39 is 17.8 Å². The minimum atomic E-state index is -4.49. The highest BCUT2D eigenvalue weighted by atomic mass is 79.9. The van der Waals surface area contributed by atoms with Crippen LogP contribution in [0, 0.1) is 0 Å². The molecule has 3 N–H and O–H groups in total. The third kappa shape index (κ3) is 2.84. The maximum absolute atomic E-state index is 13.1. The summed E-state index contributed by atoms with van der Waals surface area (Å²) >= 11 is 3.04. The van der Waals surface area contributed by atoms with Gasteiger partial charge in [-0.2, -0.15) is 13.2 Å². The van der Waals surface area contributed by atoms with Crippen LogP contribution in [-0.2, 0) is 13.2 Å². The molecule has 5 nitrogen and oxygen atoms in total. The lowest BCUT2D eigenvalue weighted by atomic mass is 9.98. The summed E-state index contributed by atoms with van der Waals surface area (Å²) in [5.74, 6) is 5.42. The Hall–Kier alpha value is -1.45. The molecule has 0 spiro atoms. The minimum absolute atomic E-state index is 0.00796. The summed E-state index contributed by atoms with van der Waals surface area (Å²) in [6, 6.07) is 3.05. The van der Waals surface area contributed by atoms with Gasteiger partial charge >= 0.3 is 6.18 Å². The van der Waals surface area contributed by atoms with Crippen LogP contribution in [0.1, 0.15) is 22.9 Å². The highest BCUT2D eigenvalue weighted by Crippen LogP contribution is 2.37. The van der Waals surface area contributed by atoms with E-state index in [1.54, 1.807) is 7.05 Å². The number of hydrogen-bond donors (Lipinski definition) is 2. The van der Waals surface area contributed by atoms with Crippen LogP contribution in [-0.4, -0.2) is 15.0 Å². The monoisotopic (exact) mass is 349 g/mol. The van der Waals surface area contributed by atoms with Crippen molar-refractivity contribution in [3.05, 3.63) is 45.7 Å². The lowest BCUT2D eigenvalue weighted by Gasteiger charge is -2.21. The number of hydrogen-bond acceptors (Lipinski definition) is 4. The number of nitrogens with one attached hydrogen (secondary N) is 1. The summed E-state index contributed by atoms with van der Waals surface area (Å²) in [4.78, 5) is 0. The number of nitrogens with zero attached hydrogens (tertiary/aromatic N) is 3. The molecule has 1 unspecified atom stereocenters. The van der Waals surface area contributed by atoms with Crippen LogP contribution in [0.15, 0.2) is 28.9 Å². The fraction of sp³-hybridized carbons (Fsp3) is 0.273. The topological polar surface area (TPSA) is 68.8 Å². The zero-order valence-electron chi connectivity index (χ0n) is 10.3. The van der Waals surface area contributed by atoms with E-state index in [0.717, 1.165) is 6.07 Å². The first-order valence-corrected chi connectivity index (χ1v) is 6.31. The van der Waals surface area contributed by atoms with Crippen molar-refractivity contribution < 1.29 is 13.2 Å². The Morgan fingerprint density at radius 2 is 2.10 bits per heavy atom. The standard InChI is InChI=1S/C11H11BrF3N5/c1-20-9(5-17-19-20)10(18-16)7-3-2-6(12)4-8(7)11(13,14)15/h2-5,10,18H,16H2,1H3. The molecular formula is C11H11BrF3N5. The number of aromatic nitrogens is 3. The van der Waals surface area contributed by atoms with Crippen molar-refractivity contribution in [3.8, 4) is 0 Å². The molecule has 1 atom stereocenters. The number of nitrogens with two attached hydrogens (primary N) is 1. The first-order valence-electron chi connectivity index (χ1n) is 5.52. The van der Waals surface area contributed by atoms with Crippen molar-refractivity contribution in [2.45, 2.75) is 12.2 Å². The molecule has 1 aromatic heterocycles. The summed E-state index contributed by atoms with van der Waals surface area (Å²) in [6.45, 7) is 0. The molecule has 0 aliphatic rings. The summed E-state index contributed by atoms with van der Waals surface area (Å²) in [5, 5.41) is 7.35. The van der Waals surface area contributed by atoms with Crippen LogP contribution < -0.4 is 11.3 Å². The molecule has 0 amide bonds. The first kappa shape index (κ1) is 14.9. The molecule has 1 aromatic carbocycles. The van der Waals surface area contributed by atoms with Crippen molar-refractivity contribution in [2.24, 2.45) is 12.9 Å². The van der Waals surface area contributed by atoms with Gasteiger partial charge in [0.1, 0.15) is 0 Å². The van der Waals surface area contributed by atoms with Gasteiger partial charge in [0.05, 0.1) is 23.5 Å². The third-order valence-electron chi connectivity index (χ3n) is 2.84. The third-order valence-corrected chi connectivity index (χ3v) is 3.34. The molecule has 1 heterocycles. The Morgan fingerprint density at radius 3 is 2.60 bits per heavy atom. The fourth-order valence-electron chi connectivity index (χ4n) is 1.92. The Morgan fingerprint density at radius 1 is 1.40 bits per heavy atom. The average Bonchev–Trinajstić information content (AvgIpc) is 2.77. The lowest BCUT2D eigenvalue weighted by molar-refractivity contribution is -0.138. The fourth-order valence-corrected chi connectivity index (χ4v) is 2.28. The zero-order chi connectivity index (χ0) is 14.9. The summed E-state index contributed by atoms with van der Waals surface area (Å²) in [5.41, 5.74) is 2.05. The van der Waals surface area contributed by atoms with Gasteiger partial charge in [0.15, 0.2) is 0 Å². The van der Waals surface area contributed by atoms with Gasteiger partial charge < -0.3 is 0 Å². The molecule has 2 aromatic rings. The number of alkyl halides is 3. The molecule has 0 saturated carbocycles. The van der Waals surface area contributed by atoms with E-state index >= 15 is 0 Å². The average molecular weight is 350 g/mol. The van der Waals surface area contributed by atoms with Gasteiger partial charge in [0.2, 0.25) is 0 Å². The lowest BCUT2D eigenvalue weighted by Crippen LogP contribution is -2.32. The van der Waals surface area contributed by atoms with Gasteiger partial charge in [0, 0.05) is 11.5 Å². The van der Waals surface area contributed by atoms with Crippen LogP contribution >= 0.6 is 15.9 Å². The summed E-state index contributed by atoms with van der Waals surface area (Å²) in [6.07, 6.45) is -3.12. The molecule has 0 aliphatic heterocycles. The van der Waals surface area contributed by atoms with Gasteiger partial charge in [-0.05, 0) is 17.7 Å². The molecular weight excluding hydrogens is 339 g/mol. The van der Waals surface area contributed by atoms with E-state index in [1.807, 2.05) is 0 Å². The number of aryl methyl sites for hydroxylation is 1. The van der Waals surface area contributed by atoms with Crippen molar-refractivity contribution in [2.75, 3.05) is 0 Å². The van der Waals surface area contributed by atoms with Gasteiger partial charge in [-0.1, -0.05) is 27.2 Å². The second-order valence-corrected chi connectivity index (χ2v) is 5.03. The Labute approximate surface area is 121 Å². The highest BCUT2D eigenvalue weighted by molar-refractivity contribution is 9.10. The predicted molar refractivity (Wildman–Crippen MR) is 69.3 cm³/mol. The molecule has 0 saturated heterocycles. The molecule has 9 heteroatoms. The SMILES string of the molecule is Cn1nncc1C(NN)c1ccc(Br)cc1C(F)(F)F. The zero-order valence-corrected chi connectivity index (χ0v) is 11.9. The van der Waals surface area contributed by atoms with Gasteiger partial charge in [0.25, 0.3) is 0 Å². The molecule has 0 aliphatic carbocycles. The molecule has 20 heavy (non-hydrogen) atoms.